The minimum Gasteiger partial charge on any atom is -0.373 e. The van der Waals surface area contributed by atoms with Crippen molar-refractivity contribution in [2.24, 2.45) is 15.9 Å². The second kappa shape index (κ2) is 6.85. The lowest BCUT2D eigenvalue weighted by Crippen LogP contribution is -2.22. The zero-order valence-electron chi connectivity index (χ0n) is 12.3. The second-order valence-corrected chi connectivity index (χ2v) is 4.88. The molecule has 1 aliphatic rings. The fraction of sp³-hybridized carbons (Fsp3) is 0.294. The van der Waals surface area contributed by atoms with Crippen LogP contribution < -0.4 is 5.32 Å². The van der Waals surface area contributed by atoms with Crippen LogP contribution in [-0.4, -0.2) is 25.8 Å². The lowest BCUT2D eigenvalue weighted by Gasteiger charge is -2.15. The molecule has 0 aliphatic heterocycles. The number of nitrogens with one attached hydrogen (secondary N) is 1. The van der Waals surface area contributed by atoms with Crippen molar-refractivity contribution < 1.29 is 0 Å². The molecule has 1 aromatic rings. The molecule has 0 bridgehead atoms. The predicted octanol–water partition coefficient (Wildman–Crippen LogP) is 3.20. The van der Waals surface area contributed by atoms with Crippen molar-refractivity contribution in [2.45, 2.75) is 13.3 Å². The number of nitrogens with zero attached hydrogens (tertiary/aromatic N) is 2. The summed E-state index contributed by atoms with van der Waals surface area (Å²) in [5, 5.41) is 3.16. The van der Waals surface area contributed by atoms with Crippen molar-refractivity contribution in [1.82, 2.24) is 5.32 Å². The fourth-order valence-corrected chi connectivity index (χ4v) is 2.24. The van der Waals surface area contributed by atoms with E-state index in [2.05, 4.69) is 35.5 Å². The van der Waals surface area contributed by atoms with Gasteiger partial charge < -0.3 is 5.32 Å². The molecule has 0 fully saturated rings. The Morgan fingerprint density at radius 2 is 2.00 bits per heavy atom. The normalized spacial score (nSPS) is 19.8. The standard InChI is InChI=1S/C17H21N3/c1-13-8-7-11-15(12-13)17(19-3)20-16(18-2)14-9-5-4-6-10-14/h4-11,13H,12H2,1-3H3,(H,18,19,20). The summed E-state index contributed by atoms with van der Waals surface area (Å²) in [6, 6.07) is 10.1. The van der Waals surface area contributed by atoms with Gasteiger partial charge in [0.25, 0.3) is 0 Å². The molecule has 2 rings (SSSR count). The number of hydrogen-bond donors (Lipinski definition) is 1. The molecule has 20 heavy (non-hydrogen) atoms. The SMILES string of the molecule is C/N=C(\N=C(/NC)c1ccccc1)C1=CC=CC(C)C1. The highest BCUT2D eigenvalue weighted by Gasteiger charge is 2.12. The first-order valence-corrected chi connectivity index (χ1v) is 6.91. The average Bonchev–Trinajstić information content (AvgIpc) is 2.49. The van der Waals surface area contributed by atoms with Gasteiger partial charge in [-0.25, -0.2) is 4.99 Å². The summed E-state index contributed by atoms with van der Waals surface area (Å²) >= 11 is 0. The van der Waals surface area contributed by atoms with Gasteiger partial charge in [-0.2, -0.15) is 0 Å². The van der Waals surface area contributed by atoms with Gasteiger partial charge in [-0.15, -0.1) is 0 Å². The molecule has 1 aromatic carbocycles. The van der Waals surface area contributed by atoms with Crippen molar-refractivity contribution in [3.05, 3.63) is 59.7 Å². The third-order valence-electron chi connectivity index (χ3n) is 3.28. The minimum absolute atomic E-state index is 0.539. The van der Waals surface area contributed by atoms with Gasteiger partial charge in [0.2, 0.25) is 0 Å². The Morgan fingerprint density at radius 1 is 1.25 bits per heavy atom. The quantitative estimate of drug-likeness (QED) is 0.648. The van der Waals surface area contributed by atoms with E-state index in [-0.39, 0.29) is 0 Å². The van der Waals surface area contributed by atoms with E-state index in [1.165, 1.54) is 5.57 Å². The van der Waals surface area contributed by atoms with Crippen LogP contribution in [0.3, 0.4) is 0 Å². The molecule has 0 saturated heterocycles. The molecule has 0 radical (unpaired) electrons. The molecule has 3 nitrogen and oxygen atoms in total. The minimum atomic E-state index is 0.539. The largest absolute Gasteiger partial charge is 0.373 e. The number of aliphatic imine (C=N–C) groups is 2. The molecule has 0 aromatic heterocycles. The highest BCUT2D eigenvalue weighted by Crippen LogP contribution is 2.20. The topological polar surface area (TPSA) is 36.8 Å². The first kappa shape index (κ1) is 14.3. The third-order valence-corrected chi connectivity index (χ3v) is 3.28. The molecule has 0 saturated carbocycles. The maximum atomic E-state index is 4.69. The third kappa shape index (κ3) is 3.44. The van der Waals surface area contributed by atoms with Crippen LogP contribution in [-0.2, 0) is 0 Å². The van der Waals surface area contributed by atoms with Crippen molar-refractivity contribution >= 4 is 11.7 Å². The van der Waals surface area contributed by atoms with E-state index in [1.54, 1.807) is 7.05 Å². The molecular formula is C17H21N3. The van der Waals surface area contributed by atoms with E-state index in [0.29, 0.717) is 5.92 Å². The Morgan fingerprint density at radius 3 is 2.60 bits per heavy atom. The van der Waals surface area contributed by atoms with Crippen molar-refractivity contribution in [2.75, 3.05) is 14.1 Å². The summed E-state index contributed by atoms with van der Waals surface area (Å²) in [7, 11) is 3.68. The van der Waals surface area contributed by atoms with Crippen molar-refractivity contribution in [1.29, 1.82) is 0 Å². The Bertz CT molecular complexity index is 565. The van der Waals surface area contributed by atoms with Crippen LogP contribution in [0.2, 0.25) is 0 Å². The smallest absolute Gasteiger partial charge is 0.152 e. The first-order chi connectivity index (χ1) is 9.74. The second-order valence-electron chi connectivity index (χ2n) is 4.88. The molecule has 1 N–H and O–H groups in total. The van der Waals surface area contributed by atoms with Crippen LogP contribution in [0.15, 0.2) is 64.1 Å². The molecule has 1 unspecified atom stereocenters. The summed E-state index contributed by atoms with van der Waals surface area (Å²) in [5.74, 6) is 2.18. The van der Waals surface area contributed by atoms with Gasteiger partial charge in [-0.1, -0.05) is 55.5 Å². The van der Waals surface area contributed by atoms with Crippen LogP contribution in [0.4, 0.5) is 0 Å². The van der Waals surface area contributed by atoms with Crippen molar-refractivity contribution in [3.8, 4) is 0 Å². The first-order valence-electron chi connectivity index (χ1n) is 6.91. The summed E-state index contributed by atoms with van der Waals surface area (Å²) in [6.07, 6.45) is 7.38. The molecule has 0 heterocycles. The average molecular weight is 267 g/mol. The molecule has 104 valence electrons. The number of hydrogen-bond acceptors (Lipinski definition) is 1. The molecule has 1 atom stereocenters. The van der Waals surface area contributed by atoms with E-state index in [1.807, 2.05) is 37.4 Å². The Balaban J connectivity index is 2.30. The van der Waals surface area contributed by atoms with Crippen LogP contribution in [0, 0.1) is 5.92 Å². The highest BCUT2D eigenvalue weighted by molar-refractivity contribution is 6.11. The van der Waals surface area contributed by atoms with Gasteiger partial charge in [0.05, 0.1) is 0 Å². The maximum Gasteiger partial charge on any atom is 0.152 e. The summed E-state index contributed by atoms with van der Waals surface area (Å²) < 4.78 is 0. The van der Waals surface area contributed by atoms with Gasteiger partial charge in [-0.3, -0.25) is 4.99 Å². The van der Waals surface area contributed by atoms with Crippen LogP contribution in [0.1, 0.15) is 18.9 Å². The lowest BCUT2D eigenvalue weighted by atomic mass is 9.95. The van der Waals surface area contributed by atoms with Crippen LogP contribution in [0.5, 0.6) is 0 Å². The Kier molecular flexibility index (Phi) is 4.88. The van der Waals surface area contributed by atoms with Gasteiger partial charge in [-0.05, 0) is 17.9 Å². The molecule has 0 amide bonds. The Labute approximate surface area is 120 Å². The number of rotatable bonds is 2. The number of allylic oxidation sites excluding steroid dienone is 3. The fourth-order valence-electron chi connectivity index (χ4n) is 2.24. The van der Waals surface area contributed by atoms with E-state index < -0.39 is 0 Å². The number of amidine groups is 2. The van der Waals surface area contributed by atoms with E-state index in [9.17, 15) is 0 Å². The van der Waals surface area contributed by atoms with Crippen LogP contribution in [0.25, 0.3) is 0 Å². The van der Waals surface area contributed by atoms with Gasteiger partial charge in [0.15, 0.2) is 5.84 Å². The van der Waals surface area contributed by atoms with Gasteiger partial charge >= 0.3 is 0 Å². The lowest BCUT2D eigenvalue weighted by molar-refractivity contribution is 0.722. The summed E-state index contributed by atoms with van der Waals surface area (Å²) in [4.78, 5) is 9.04. The van der Waals surface area contributed by atoms with Crippen molar-refractivity contribution in [3.63, 3.8) is 0 Å². The Hall–Kier alpha value is -2.16. The van der Waals surface area contributed by atoms with Gasteiger partial charge in [0, 0.05) is 19.7 Å². The summed E-state index contributed by atoms with van der Waals surface area (Å²) in [6.45, 7) is 2.21. The number of benzene rings is 1. The van der Waals surface area contributed by atoms with Crippen LogP contribution >= 0.6 is 0 Å². The monoisotopic (exact) mass is 267 g/mol. The van der Waals surface area contributed by atoms with E-state index >= 15 is 0 Å². The molecule has 3 heteroatoms. The van der Waals surface area contributed by atoms with E-state index in [0.717, 1.165) is 23.7 Å². The molecule has 0 spiro atoms. The van der Waals surface area contributed by atoms with E-state index in [4.69, 9.17) is 4.99 Å². The molecule has 1 aliphatic carbocycles. The van der Waals surface area contributed by atoms with Gasteiger partial charge in [0.1, 0.15) is 5.84 Å². The molecular weight excluding hydrogens is 246 g/mol. The summed E-state index contributed by atoms with van der Waals surface area (Å²) in [5.41, 5.74) is 2.25. The highest BCUT2D eigenvalue weighted by atomic mass is 15.0. The predicted molar refractivity (Wildman–Crippen MR) is 86.4 cm³/mol. The zero-order chi connectivity index (χ0) is 14.4. The maximum absolute atomic E-state index is 4.69. The zero-order valence-corrected chi connectivity index (χ0v) is 12.3.